The van der Waals surface area contributed by atoms with E-state index in [2.05, 4.69) is 0 Å². The van der Waals surface area contributed by atoms with Crippen LogP contribution in [0.15, 0.2) is 0 Å². The summed E-state index contributed by atoms with van der Waals surface area (Å²) in [5, 5.41) is 18.4. The van der Waals surface area contributed by atoms with E-state index in [1.54, 1.807) is 25.8 Å². The molecular weight excluding hydrogens is 236 g/mol. The summed E-state index contributed by atoms with van der Waals surface area (Å²) in [6.45, 7) is 4.33. The number of nitrogens with zero attached hydrogens (tertiary/aromatic N) is 2. The molecule has 1 rings (SSSR count). The van der Waals surface area contributed by atoms with Crippen molar-refractivity contribution < 1.29 is 19.8 Å². The number of hydrogen-bond acceptors (Lipinski definition) is 3. The zero-order valence-corrected chi connectivity index (χ0v) is 11.2. The van der Waals surface area contributed by atoms with Gasteiger partial charge in [0, 0.05) is 26.7 Å². The zero-order valence-electron chi connectivity index (χ0n) is 11.2. The van der Waals surface area contributed by atoms with Gasteiger partial charge in [0.1, 0.15) is 0 Å². The predicted molar refractivity (Wildman–Crippen MR) is 66.3 cm³/mol. The van der Waals surface area contributed by atoms with Crippen LogP contribution >= 0.6 is 0 Å². The van der Waals surface area contributed by atoms with Crippen LogP contribution in [0.1, 0.15) is 26.7 Å². The molecule has 6 nitrogen and oxygen atoms in total. The molecule has 0 aromatic heterocycles. The van der Waals surface area contributed by atoms with Crippen molar-refractivity contribution in [3.8, 4) is 0 Å². The predicted octanol–water partition coefficient (Wildman–Crippen LogP) is 0.606. The molecule has 2 atom stereocenters. The molecule has 0 aromatic carbocycles. The van der Waals surface area contributed by atoms with Gasteiger partial charge in [-0.1, -0.05) is 0 Å². The molecule has 1 saturated heterocycles. The lowest BCUT2D eigenvalue weighted by Crippen LogP contribution is -2.52. The summed E-state index contributed by atoms with van der Waals surface area (Å²) >= 11 is 0. The maximum Gasteiger partial charge on any atom is 0.319 e. The summed E-state index contributed by atoms with van der Waals surface area (Å²) in [6, 6.07) is -0.219. The highest BCUT2D eigenvalue weighted by atomic mass is 16.4. The summed E-state index contributed by atoms with van der Waals surface area (Å²) in [5.74, 6) is -0.863. The van der Waals surface area contributed by atoms with Crippen molar-refractivity contribution in [2.75, 3.05) is 26.7 Å². The number of carbonyl (C=O) groups is 2. The van der Waals surface area contributed by atoms with Gasteiger partial charge in [0.2, 0.25) is 0 Å². The molecule has 0 aromatic rings. The second-order valence-corrected chi connectivity index (χ2v) is 5.40. The quantitative estimate of drug-likeness (QED) is 0.777. The lowest BCUT2D eigenvalue weighted by atomic mass is 9.82. The fourth-order valence-electron chi connectivity index (χ4n) is 2.29. The van der Waals surface area contributed by atoms with Crippen molar-refractivity contribution in [2.24, 2.45) is 5.41 Å². The van der Waals surface area contributed by atoms with Gasteiger partial charge in [-0.05, 0) is 26.7 Å². The van der Waals surface area contributed by atoms with E-state index in [0.717, 1.165) is 0 Å². The van der Waals surface area contributed by atoms with Gasteiger partial charge in [-0.3, -0.25) is 4.79 Å². The Bertz CT molecular complexity index is 332. The first-order chi connectivity index (χ1) is 8.26. The van der Waals surface area contributed by atoms with Crippen molar-refractivity contribution in [1.82, 2.24) is 9.80 Å². The van der Waals surface area contributed by atoms with Crippen LogP contribution in [0.4, 0.5) is 4.79 Å². The lowest BCUT2D eigenvalue weighted by molar-refractivity contribution is -0.150. The summed E-state index contributed by atoms with van der Waals surface area (Å²) in [6.07, 6.45) is 0.693. The minimum absolute atomic E-state index is 0.219. The molecule has 1 heterocycles. The van der Waals surface area contributed by atoms with Crippen molar-refractivity contribution in [1.29, 1.82) is 0 Å². The van der Waals surface area contributed by atoms with Crippen LogP contribution in [0, 0.1) is 5.41 Å². The lowest BCUT2D eigenvalue weighted by Gasteiger charge is -2.39. The van der Waals surface area contributed by atoms with Gasteiger partial charge in [0.15, 0.2) is 0 Å². The molecule has 0 saturated carbocycles. The smallest absolute Gasteiger partial charge is 0.319 e. The third-order valence-corrected chi connectivity index (χ3v) is 3.35. The number of aliphatic carboxylic acids is 1. The molecule has 18 heavy (non-hydrogen) atoms. The summed E-state index contributed by atoms with van der Waals surface area (Å²) in [4.78, 5) is 26.3. The maximum atomic E-state index is 12.1. The van der Waals surface area contributed by atoms with E-state index in [1.807, 2.05) is 0 Å². The highest BCUT2D eigenvalue weighted by molar-refractivity contribution is 5.78. The molecule has 2 unspecified atom stereocenters. The zero-order chi connectivity index (χ0) is 13.9. The number of carbonyl (C=O) groups excluding carboxylic acids is 1. The van der Waals surface area contributed by atoms with Gasteiger partial charge in [-0.2, -0.15) is 0 Å². The van der Waals surface area contributed by atoms with E-state index in [-0.39, 0.29) is 19.1 Å². The molecule has 104 valence electrons. The number of aliphatic hydroxyl groups is 1. The number of amides is 2. The topological polar surface area (TPSA) is 81.1 Å². The number of likely N-dealkylation sites (N-methyl/N-ethyl adjacent to an activating group) is 1. The maximum absolute atomic E-state index is 12.1. The van der Waals surface area contributed by atoms with E-state index in [9.17, 15) is 19.8 Å². The number of piperidine rings is 1. The third-order valence-electron chi connectivity index (χ3n) is 3.35. The average Bonchev–Trinajstić information content (AvgIpc) is 2.27. The fourth-order valence-corrected chi connectivity index (χ4v) is 2.29. The van der Waals surface area contributed by atoms with Crippen LogP contribution in [0.25, 0.3) is 0 Å². The summed E-state index contributed by atoms with van der Waals surface area (Å²) in [5.41, 5.74) is -0.862. The number of urea groups is 1. The molecule has 2 N–H and O–H groups in total. The van der Waals surface area contributed by atoms with Gasteiger partial charge in [0.25, 0.3) is 0 Å². The highest BCUT2D eigenvalue weighted by Crippen LogP contribution is 2.30. The Morgan fingerprint density at radius 3 is 2.61 bits per heavy atom. The third kappa shape index (κ3) is 3.35. The van der Waals surface area contributed by atoms with Crippen molar-refractivity contribution >= 4 is 12.0 Å². The average molecular weight is 258 g/mol. The molecule has 1 aliphatic heterocycles. The van der Waals surface area contributed by atoms with Crippen LogP contribution in [-0.4, -0.2) is 64.8 Å². The Hall–Kier alpha value is -1.30. The van der Waals surface area contributed by atoms with Gasteiger partial charge in [0.05, 0.1) is 11.5 Å². The summed E-state index contributed by atoms with van der Waals surface area (Å²) in [7, 11) is 1.61. The van der Waals surface area contributed by atoms with Crippen LogP contribution < -0.4 is 0 Å². The SMILES string of the molecule is CC(O)CN(C)C(=O)N1CCCC(C)(C(=O)O)C1. The summed E-state index contributed by atoms with van der Waals surface area (Å²) < 4.78 is 0. The largest absolute Gasteiger partial charge is 0.481 e. The number of hydrogen-bond donors (Lipinski definition) is 2. The first-order valence-electron chi connectivity index (χ1n) is 6.18. The van der Waals surface area contributed by atoms with Crippen molar-refractivity contribution in [3.63, 3.8) is 0 Å². The number of aliphatic hydroxyl groups excluding tert-OH is 1. The standard InChI is InChI=1S/C12H22N2O4/c1-9(15)7-13(3)11(18)14-6-4-5-12(2,8-14)10(16)17/h9,15H,4-8H2,1-3H3,(H,16,17). The van der Waals surface area contributed by atoms with E-state index in [4.69, 9.17) is 0 Å². The van der Waals surface area contributed by atoms with Crippen molar-refractivity contribution in [2.45, 2.75) is 32.8 Å². The van der Waals surface area contributed by atoms with Gasteiger partial charge in [-0.25, -0.2) is 4.79 Å². The van der Waals surface area contributed by atoms with Crippen LogP contribution in [0.2, 0.25) is 0 Å². The highest BCUT2D eigenvalue weighted by Gasteiger charge is 2.39. The van der Waals surface area contributed by atoms with E-state index >= 15 is 0 Å². The Kier molecular flexibility index (Phi) is 4.56. The Balaban J connectivity index is 2.66. The normalized spacial score (nSPS) is 25.7. The fraction of sp³-hybridized carbons (Fsp3) is 0.833. The second-order valence-electron chi connectivity index (χ2n) is 5.40. The number of likely N-dealkylation sites (tertiary alicyclic amines) is 1. The minimum Gasteiger partial charge on any atom is -0.481 e. The van der Waals surface area contributed by atoms with Gasteiger partial charge in [-0.15, -0.1) is 0 Å². The minimum atomic E-state index is -0.863. The second kappa shape index (κ2) is 5.56. The molecule has 1 aliphatic rings. The van der Waals surface area contributed by atoms with E-state index in [0.29, 0.717) is 19.4 Å². The van der Waals surface area contributed by atoms with Gasteiger partial charge >= 0.3 is 12.0 Å². The van der Waals surface area contributed by atoms with Crippen LogP contribution in [0.3, 0.4) is 0 Å². The Morgan fingerprint density at radius 2 is 2.11 bits per heavy atom. The van der Waals surface area contributed by atoms with Gasteiger partial charge < -0.3 is 20.0 Å². The van der Waals surface area contributed by atoms with E-state index < -0.39 is 17.5 Å². The molecular formula is C12H22N2O4. The van der Waals surface area contributed by atoms with Crippen molar-refractivity contribution in [3.05, 3.63) is 0 Å². The molecule has 1 fully saturated rings. The Labute approximate surface area is 107 Å². The number of carboxylic acid groups (broad SMARTS) is 1. The molecule has 0 radical (unpaired) electrons. The van der Waals surface area contributed by atoms with E-state index in [1.165, 1.54) is 4.90 Å². The number of rotatable bonds is 3. The molecule has 0 aliphatic carbocycles. The first kappa shape index (κ1) is 14.8. The molecule has 0 bridgehead atoms. The molecule has 0 spiro atoms. The molecule has 6 heteroatoms. The molecule has 2 amide bonds. The monoisotopic (exact) mass is 258 g/mol. The number of carboxylic acids is 1. The van der Waals surface area contributed by atoms with Crippen LogP contribution in [-0.2, 0) is 4.79 Å². The Morgan fingerprint density at radius 1 is 1.50 bits per heavy atom. The van der Waals surface area contributed by atoms with Crippen LogP contribution in [0.5, 0.6) is 0 Å². The first-order valence-corrected chi connectivity index (χ1v) is 6.18.